The van der Waals surface area contributed by atoms with Crippen LogP contribution in [0.15, 0.2) is 36.8 Å². The Bertz CT molecular complexity index is 1010. The van der Waals surface area contributed by atoms with Crippen molar-refractivity contribution in [3.8, 4) is 11.3 Å². The van der Waals surface area contributed by atoms with Gasteiger partial charge in [-0.25, -0.2) is 19.2 Å². The highest BCUT2D eigenvalue weighted by Gasteiger charge is 2.24. The molecular weight excluding hydrogens is 349 g/mol. The number of rotatable bonds is 5. The first-order valence-electron chi connectivity index (χ1n) is 8.58. The monoisotopic (exact) mass is 367 g/mol. The molecule has 0 saturated heterocycles. The first kappa shape index (κ1) is 17.1. The molecule has 1 aliphatic rings. The van der Waals surface area contributed by atoms with E-state index in [-0.39, 0.29) is 5.56 Å². The van der Waals surface area contributed by atoms with E-state index in [9.17, 15) is 9.18 Å². The second-order valence-corrected chi connectivity index (χ2v) is 6.48. The Kier molecular flexibility index (Phi) is 4.31. The molecule has 138 valence electrons. The molecule has 4 rings (SSSR count). The van der Waals surface area contributed by atoms with E-state index >= 15 is 0 Å². The summed E-state index contributed by atoms with van der Waals surface area (Å²) in [6, 6.07) is 4.80. The third kappa shape index (κ3) is 3.51. The summed E-state index contributed by atoms with van der Waals surface area (Å²) in [5, 5.41) is 7.45. The van der Waals surface area contributed by atoms with Crippen molar-refractivity contribution in [3.05, 3.63) is 53.7 Å². The van der Waals surface area contributed by atoms with Crippen LogP contribution in [0.3, 0.4) is 0 Å². The van der Waals surface area contributed by atoms with Crippen molar-refractivity contribution >= 4 is 17.6 Å². The van der Waals surface area contributed by atoms with Crippen LogP contribution in [0.4, 0.5) is 16.0 Å². The van der Waals surface area contributed by atoms with Crippen molar-refractivity contribution < 1.29 is 13.9 Å². The Morgan fingerprint density at radius 3 is 2.85 bits per heavy atom. The summed E-state index contributed by atoms with van der Waals surface area (Å²) >= 11 is 0. The number of nitrogens with zero attached hydrogens (tertiary/aromatic N) is 4. The second kappa shape index (κ2) is 6.79. The van der Waals surface area contributed by atoms with Crippen LogP contribution >= 0.6 is 0 Å². The summed E-state index contributed by atoms with van der Waals surface area (Å²) in [6.07, 6.45) is 7.62. The maximum atomic E-state index is 14.3. The number of ether oxygens (including phenoxy) is 1. The van der Waals surface area contributed by atoms with Crippen molar-refractivity contribution in [2.45, 2.75) is 25.8 Å². The maximum Gasteiger partial charge on any atom is 0.340 e. The van der Waals surface area contributed by atoms with Gasteiger partial charge in [-0.2, -0.15) is 5.10 Å². The summed E-state index contributed by atoms with van der Waals surface area (Å²) in [5.74, 6) is -0.977. The third-order valence-electron chi connectivity index (χ3n) is 4.40. The maximum absolute atomic E-state index is 14.3. The van der Waals surface area contributed by atoms with Gasteiger partial charge in [0.2, 0.25) is 5.95 Å². The minimum atomic E-state index is -0.714. The quantitative estimate of drug-likeness (QED) is 0.693. The fourth-order valence-corrected chi connectivity index (χ4v) is 2.80. The van der Waals surface area contributed by atoms with E-state index in [1.165, 1.54) is 19.2 Å². The Labute approximate surface area is 155 Å². The molecular formula is C19H18FN5O2. The van der Waals surface area contributed by atoms with E-state index in [1.54, 1.807) is 18.5 Å². The molecule has 1 saturated carbocycles. The van der Waals surface area contributed by atoms with Gasteiger partial charge < -0.3 is 10.1 Å². The lowest BCUT2D eigenvalue weighted by atomic mass is 10.1. The molecule has 0 aliphatic heterocycles. The first-order chi connectivity index (χ1) is 13.0. The van der Waals surface area contributed by atoms with E-state index < -0.39 is 11.8 Å². The minimum absolute atomic E-state index is 0.112. The molecule has 1 aromatic carbocycles. The largest absolute Gasteiger partial charge is 0.465 e. The second-order valence-electron chi connectivity index (χ2n) is 6.48. The molecule has 3 aromatic rings. The van der Waals surface area contributed by atoms with Gasteiger partial charge in [-0.1, -0.05) is 6.07 Å². The highest BCUT2D eigenvalue weighted by molar-refractivity contribution is 5.90. The Morgan fingerprint density at radius 2 is 2.15 bits per heavy atom. The molecule has 0 bridgehead atoms. The summed E-state index contributed by atoms with van der Waals surface area (Å²) in [6.45, 7) is 1.84. The number of hydrogen-bond acceptors (Lipinski definition) is 6. The number of methoxy groups -OCH3 is 1. The van der Waals surface area contributed by atoms with Crippen LogP contribution in [-0.2, 0) is 4.74 Å². The topological polar surface area (TPSA) is 81.9 Å². The van der Waals surface area contributed by atoms with Gasteiger partial charge in [0, 0.05) is 18.0 Å². The zero-order chi connectivity index (χ0) is 19.0. The van der Waals surface area contributed by atoms with Crippen molar-refractivity contribution in [1.82, 2.24) is 19.7 Å². The van der Waals surface area contributed by atoms with E-state index in [0.717, 1.165) is 24.1 Å². The molecule has 2 aromatic heterocycles. The number of hydrogen-bond donors (Lipinski definition) is 1. The summed E-state index contributed by atoms with van der Waals surface area (Å²) in [4.78, 5) is 20.3. The van der Waals surface area contributed by atoms with Crippen LogP contribution in [0, 0.1) is 12.7 Å². The molecule has 0 amide bonds. The Morgan fingerprint density at radius 1 is 1.33 bits per heavy atom. The third-order valence-corrected chi connectivity index (χ3v) is 4.40. The smallest absolute Gasteiger partial charge is 0.340 e. The number of halogens is 1. The predicted octanol–water partition coefficient (Wildman–Crippen LogP) is 3.65. The number of anilines is 2. The number of esters is 1. The molecule has 0 atom stereocenters. The lowest BCUT2D eigenvalue weighted by molar-refractivity contribution is 0.0595. The summed E-state index contributed by atoms with van der Waals surface area (Å²) in [5.41, 5.74) is 2.61. The molecule has 1 N–H and O–H groups in total. The Balaban J connectivity index is 1.61. The van der Waals surface area contributed by atoms with E-state index in [2.05, 4.69) is 25.1 Å². The lowest BCUT2D eigenvalue weighted by Gasteiger charge is -2.09. The number of benzene rings is 1. The van der Waals surface area contributed by atoms with Crippen LogP contribution in [0.1, 0.15) is 34.8 Å². The first-order valence-corrected chi connectivity index (χ1v) is 8.58. The minimum Gasteiger partial charge on any atom is -0.465 e. The van der Waals surface area contributed by atoms with Gasteiger partial charge in [0.05, 0.1) is 36.3 Å². The SMILES string of the molecule is COC(=O)c1ccc(-c2nc(Nc3cnn(C4CC4)c3)ncc2C)cc1F. The van der Waals surface area contributed by atoms with Crippen molar-refractivity contribution in [2.24, 2.45) is 0 Å². The Hall–Kier alpha value is -3.29. The molecule has 1 aliphatic carbocycles. The van der Waals surface area contributed by atoms with E-state index in [1.807, 2.05) is 17.8 Å². The molecule has 27 heavy (non-hydrogen) atoms. The number of carbonyl (C=O) groups excluding carboxylic acids is 1. The molecule has 8 heteroatoms. The fourth-order valence-electron chi connectivity index (χ4n) is 2.80. The molecule has 0 unspecified atom stereocenters. The summed E-state index contributed by atoms with van der Waals surface area (Å²) < 4.78 is 20.8. The normalized spacial score (nSPS) is 13.4. The molecule has 2 heterocycles. The van der Waals surface area contributed by atoms with Gasteiger partial charge in [-0.15, -0.1) is 0 Å². The zero-order valence-corrected chi connectivity index (χ0v) is 14.9. The zero-order valence-electron chi connectivity index (χ0n) is 14.9. The molecule has 1 fully saturated rings. The van der Waals surface area contributed by atoms with Crippen molar-refractivity contribution in [2.75, 3.05) is 12.4 Å². The average molecular weight is 367 g/mol. The molecule has 0 spiro atoms. The van der Waals surface area contributed by atoms with Crippen molar-refractivity contribution in [1.29, 1.82) is 0 Å². The van der Waals surface area contributed by atoms with Gasteiger partial charge in [0.1, 0.15) is 5.82 Å². The van der Waals surface area contributed by atoms with Crippen LogP contribution in [0.5, 0.6) is 0 Å². The van der Waals surface area contributed by atoms with Gasteiger partial charge in [0.25, 0.3) is 0 Å². The lowest BCUT2D eigenvalue weighted by Crippen LogP contribution is -2.05. The van der Waals surface area contributed by atoms with Crippen LogP contribution in [-0.4, -0.2) is 32.8 Å². The fraction of sp³-hybridized carbons (Fsp3) is 0.263. The number of aromatic nitrogens is 4. The number of nitrogens with one attached hydrogen (secondary N) is 1. The number of carbonyl (C=O) groups is 1. The van der Waals surface area contributed by atoms with Gasteiger partial charge in [-0.3, -0.25) is 4.68 Å². The van der Waals surface area contributed by atoms with Crippen LogP contribution < -0.4 is 5.32 Å². The average Bonchev–Trinajstić information content (AvgIpc) is 3.42. The number of aryl methyl sites for hydroxylation is 1. The standard InChI is InChI=1S/C19H18FN5O2/c1-11-8-21-19(23-13-9-22-25(10-13)14-4-5-14)24-17(11)12-3-6-15(16(20)7-12)18(26)27-2/h3,6-10,14H,4-5H2,1-2H3,(H,21,23,24). The van der Waals surface area contributed by atoms with Crippen molar-refractivity contribution in [3.63, 3.8) is 0 Å². The van der Waals surface area contributed by atoms with E-state index in [4.69, 9.17) is 0 Å². The predicted molar refractivity (Wildman–Crippen MR) is 97.3 cm³/mol. The van der Waals surface area contributed by atoms with Crippen LogP contribution in [0.25, 0.3) is 11.3 Å². The van der Waals surface area contributed by atoms with Crippen LogP contribution in [0.2, 0.25) is 0 Å². The van der Waals surface area contributed by atoms with E-state index in [0.29, 0.717) is 23.2 Å². The molecule has 7 nitrogen and oxygen atoms in total. The highest BCUT2D eigenvalue weighted by atomic mass is 19.1. The van der Waals surface area contributed by atoms with Gasteiger partial charge in [0.15, 0.2) is 0 Å². The molecule has 0 radical (unpaired) electrons. The van der Waals surface area contributed by atoms with Gasteiger partial charge >= 0.3 is 5.97 Å². The summed E-state index contributed by atoms with van der Waals surface area (Å²) in [7, 11) is 1.22. The highest BCUT2D eigenvalue weighted by Crippen LogP contribution is 2.34. The van der Waals surface area contributed by atoms with Gasteiger partial charge in [-0.05, 0) is 37.5 Å².